The van der Waals surface area contributed by atoms with E-state index in [2.05, 4.69) is 19.2 Å². The molecule has 0 aliphatic carbocycles. The molecule has 0 saturated carbocycles. The smallest absolute Gasteiger partial charge is 0.0694 e. The molecule has 2 N–H and O–H groups in total. The number of rotatable bonds is 0. The topological polar surface area (TPSA) is 32.3 Å². The fourth-order valence-corrected chi connectivity index (χ4v) is 1.42. The van der Waals surface area contributed by atoms with Gasteiger partial charge in [0.05, 0.1) is 5.60 Å². The van der Waals surface area contributed by atoms with Gasteiger partial charge in [0.1, 0.15) is 0 Å². The van der Waals surface area contributed by atoms with Crippen LogP contribution in [0.4, 0.5) is 0 Å². The van der Waals surface area contributed by atoms with Crippen molar-refractivity contribution in [2.75, 3.05) is 13.1 Å². The zero-order valence-corrected chi connectivity index (χ0v) is 7.02. The number of aliphatic hydroxyl groups is 1. The molecular weight excluding hydrogens is 126 g/mol. The van der Waals surface area contributed by atoms with E-state index in [0.29, 0.717) is 11.8 Å². The average Bonchev–Trinajstić information content (AvgIpc) is 1.84. The molecule has 0 aromatic rings. The Bertz CT molecular complexity index is 110. The van der Waals surface area contributed by atoms with Crippen LogP contribution in [-0.4, -0.2) is 23.8 Å². The standard InChI is InChI=1S/C8H17NO/c1-6-4-9-5-7(2)8(6,3)10/h6-7,9-10H,4-5H2,1-3H3/t6-,7+,8?. The van der Waals surface area contributed by atoms with Crippen molar-refractivity contribution >= 4 is 0 Å². The van der Waals surface area contributed by atoms with Crippen LogP contribution in [0.1, 0.15) is 20.8 Å². The first kappa shape index (κ1) is 8.02. The molecule has 3 atom stereocenters. The third-order valence-electron chi connectivity index (χ3n) is 2.90. The molecule has 0 spiro atoms. The summed E-state index contributed by atoms with van der Waals surface area (Å²) < 4.78 is 0. The molecule has 0 bridgehead atoms. The fraction of sp³-hybridized carbons (Fsp3) is 1.00. The minimum absolute atomic E-state index is 0.372. The second-order valence-electron chi connectivity index (χ2n) is 3.69. The van der Waals surface area contributed by atoms with Crippen LogP contribution in [0.5, 0.6) is 0 Å². The van der Waals surface area contributed by atoms with Crippen LogP contribution in [-0.2, 0) is 0 Å². The monoisotopic (exact) mass is 143 g/mol. The van der Waals surface area contributed by atoms with Crippen molar-refractivity contribution in [2.45, 2.75) is 26.4 Å². The normalized spacial score (nSPS) is 49.2. The molecule has 10 heavy (non-hydrogen) atoms. The third-order valence-corrected chi connectivity index (χ3v) is 2.90. The largest absolute Gasteiger partial charge is 0.390 e. The van der Waals surface area contributed by atoms with Crippen molar-refractivity contribution in [1.82, 2.24) is 5.32 Å². The first-order chi connectivity index (χ1) is 4.55. The minimum atomic E-state index is -0.467. The first-order valence-corrected chi connectivity index (χ1v) is 3.98. The summed E-state index contributed by atoms with van der Waals surface area (Å²) in [6, 6.07) is 0. The quantitative estimate of drug-likeness (QED) is 0.521. The van der Waals surface area contributed by atoms with Crippen molar-refractivity contribution in [3.8, 4) is 0 Å². The molecule has 2 nitrogen and oxygen atoms in total. The van der Waals surface area contributed by atoms with Crippen LogP contribution in [0.15, 0.2) is 0 Å². The van der Waals surface area contributed by atoms with Gasteiger partial charge in [-0.1, -0.05) is 13.8 Å². The molecule has 0 aromatic heterocycles. The molecule has 1 saturated heterocycles. The van der Waals surface area contributed by atoms with Crippen molar-refractivity contribution in [2.24, 2.45) is 11.8 Å². The van der Waals surface area contributed by atoms with Gasteiger partial charge in [-0.3, -0.25) is 0 Å². The SMILES string of the molecule is C[C@@H]1CNC[C@H](C)C1(C)O. The maximum absolute atomic E-state index is 9.87. The summed E-state index contributed by atoms with van der Waals surface area (Å²) in [6.07, 6.45) is 0. The van der Waals surface area contributed by atoms with Crippen molar-refractivity contribution in [3.05, 3.63) is 0 Å². The first-order valence-electron chi connectivity index (χ1n) is 3.98. The van der Waals surface area contributed by atoms with Crippen LogP contribution in [0.3, 0.4) is 0 Å². The number of hydrogen-bond acceptors (Lipinski definition) is 2. The lowest BCUT2D eigenvalue weighted by atomic mass is 9.77. The summed E-state index contributed by atoms with van der Waals surface area (Å²) in [5, 5.41) is 13.2. The van der Waals surface area contributed by atoms with Gasteiger partial charge >= 0.3 is 0 Å². The Morgan fingerprint density at radius 2 is 1.70 bits per heavy atom. The second kappa shape index (κ2) is 2.51. The van der Waals surface area contributed by atoms with Crippen LogP contribution in [0.2, 0.25) is 0 Å². The predicted octanol–water partition coefficient (Wildman–Crippen LogP) is 0.613. The van der Waals surface area contributed by atoms with Gasteiger partial charge in [-0.05, 0) is 18.8 Å². The van der Waals surface area contributed by atoms with E-state index in [1.54, 1.807) is 0 Å². The van der Waals surface area contributed by atoms with Crippen LogP contribution in [0, 0.1) is 11.8 Å². The minimum Gasteiger partial charge on any atom is -0.390 e. The van der Waals surface area contributed by atoms with Gasteiger partial charge in [-0.15, -0.1) is 0 Å². The van der Waals surface area contributed by atoms with Gasteiger partial charge < -0.3 is 10.4 Å². The molecule has 0 amide bonds. The highest BCUT2D eigenvalue weighted by Gasteiger charge is 2.36. The third kappa shape index (κ3) is 1.18. The zero-order chi connectivity index (χ0) is 7.78. The van der Waals surface area contributed by atoms with E-state index in [1.807, 2.05) is 6.92 Å². The van der Waals surface area contributed by atoms with Crippen molar-refractivity contribution in [1.29, 1.82) is 0 Å². The van der Waals surface area contributed by atoms with E-state index < -0.39 is 5.60 Å². The molecule has 0 aromatic carbocycles. The summed E-state index contributed by atoms with van der Waals surface area (Å²) in [7, 11) is 0. The van der Waals surface area contributed by atoms with Crippen LogP contribution in [0.25, 0.3) is 0 Å². The molecule has 2 heteroatoms. The Morgan fingerprint density at radius 3 is 2.00 bits per heavy atom. The number of nitrogens with one attached hydrogen (secondary N) is 1. The van der Waals surface area contributed by atoms with Gasteiger partial charge in [0.2, 0.25) is 0 Å². The van der Waals surface area contributed by atoms with Gasteiger partial charge in [-0.2, -0.15) is 0 Å². The molecule has 1 unspecified atom stereocenters. The second-order valence-corrected chi connectivity index (χ2v) is 3.69. The van der Waals surface area contributed by atoms with E-state index in [0.717, 1.165) is 13.1 Å². The van der Waals surface area contributed by atoms with Gasteiger partial charge in [0.15, 0.2) is 0 Å². The number of hydrogen-bond donors (Lipinski definition) is 2. The summed E-state index contributed by atoms with van der Waals surface area (Å²) in [5.74, 6) is 0.743. The summed E-state index contributed by atoms with van der Waals surface area (Å²) in [6.45, 7) is 7.99. The average molecular weight is 143 g/mol. The highest BCUT2D eigenvalue weighted by Crippen LogP contribution is 2.27. The Labute approximate surface area is 62.6 Å². The maximum Gasteiger partial charge on any atom is 0.0694 e. The Balaban J connectivity index is 2.63. The highest BCUT2D eigenvalue weighted by molar-refractivity contribution is 4.90. The van der Waals surface area contributed by atoms with E-state index in [-0.39, 0.29) is 0 Å². The lowest BCUT2D eigenvalue weighted by Gasteiger charge is -2.40. The van der Waals surface area contributed by atoms with Crippen LogP contribution >= 0.6 is 0 Å². The van der Waals surface area contributed by atoms with Gasteiger partial charge in [-0.25, -0.2) is 0 Å². The van der Waals surface area contributed by atoms with Crippen molar-refractivity contribution < 1.29 is 5.11 Å². The van der Waals surface area contributed by atoms with Gasteiger partial charge in [0.25, 0.3) is 0 Å². The molecule has 1 rings (SSSR count). The molecule has 1 fully saturated rings. The lowest BCUT2D eigenvalue weighted by molar-refractivity contribution is -0.0575. The van der Waals surface area contributed by atoms with Crippen molar-refractivity contribution in [3.63, 3.8) is 0 Å². The molecule has 60 valence electrons. The maximum atomic E-state index is 9.87. The van der Waals surface area contributed by atoms with Gasteiger partial charge in [0, 0.05) is 13.1 Å². The predicted molar refractivity (Wildman–Crippen MR) is 41.8 cm³/mol. The molecular formula is C8H17NO. The Morgan fingerprint density at radius 1 is 1.30 bits per heavy atom. The van der Waals surface area contributed by atoms with E-state index in [9.17, 15) is 5.11 Å². The van der Waals surface area contributed by atoms with E-state index in [4.69, 9.17) is 0 Å². The zero-order valence-electron chi connectivity index (χ0n) is 7.02. The molecule has 1 aliphatic rings. The summed E-state index contributed by atoms with van der Waals surface area (Å²) >= 11 is 0. The molecule has 1 heterocycles. The Kier molecular flexibility index (Phi) is 2.02. The molecule has 1 aliphatic heterocycles. The van der Waals surface area contributed by atoms with E-state index in [1.165, 1.54) is 0 Å². The van der Waals surface area contributed by atoms with E-state index >= 15 is 0 Å². The number of piperidine rings is 1. The van der Waals surface area contributed by atoms with Crippen LogP contribution < -0.4 is 5.32 Å². The summed E-state index contributed by atoms with van der Waals surface area (Å²) in [4.78, 5) is 0. The summed E-state index contributed by atoms with van der Waals surface area (Å²) in [5.41, 5.74) is -0.467. The fourth-order valence-electron chi connectivity index (χ4n) is 1.42. The Hall–Kier alpha value is -0.0800. The lowest BCUT2D eigenvalue weighted by Crippen LogP contribution is -2.52. The highest BCUT2D eigenvalue weighted by atomic mass is 16.3. The molecule has 0 radical (unpaired) electrons.